The Hall–Kier alpha value is -2.51. The zero-order chi connectivity index (χ0) is 18.2. The number of benzene rings is 2. The Bertz CT molecular complexity index is 1080. The highest BCUT2D eigenvalue weighted by atomic mass is 32.2. The van der Waals surface area contributed by atoms with E-state index in [-0.39, 0.29) is 15.8 Å². The van der Waals surface area contributed by atoms with Crippen molar-refractivity contribution in [1.29, 1.82) is 0 Å². The van der Waals surface area contributed by atoms with E-state index in [1.807, 2.05) is 30.3 Å². The van der Waals surface area contributed by atoms with Crippen LogP contribution in [-0.2, 0) is 10.0 Å². The van der Waals surface area contributed by atoms with Crippen molar-refractivity contribution in [3.05, 3.63) is 76.3 Å². The molecule has 130 valence electrons. The minimum atomic E-state index is -4.01. The molecule has 0 saturated heterocycles. The molecule has 1 aromatic heterocycles. The lowest BCUT2D eigenvalue weighted by molar-refractivity contribution is 0.399. The lowest BCUT2D eigenvalue weighted by Crippen LogP contribution is -2.30. The Morgan fingerprint density at radius 3 is 2.44 bits per heavy atom. The first-order valence-corrected chi connectivity index (χ1v) is 9.11. The van der Waals surface area contributed by atoms with Crippen molar-refractivity contribution in [2.75, 3.05) is 7.05 Å². The van der Waals surface area contributed by atoms with Gasteiger partial charge in [0.05, 0.1) is 15.8 Å². The summed E-state index contributed by atoms with van der Waals surface area (Å²) in [5, 5.41) is -0.172. The van der Waals surface area contributed by atoms with Crippen LogP contribution in [0.3, 0.4) is 0 Å². The predicted molar refractivity (Wildman–Crippen MR) is 94.3 cm³/mol. The molecule has 0 spiro atoms. The fourth-order valence-corrected chi connectivity index (χ4v) is 4.29. The highest BCUT2D eigenvalue weighted by Crippen LogP contribution is 2.28. The Morgan fingerprint density at radius 2 is 1.76 bits per heavy atom. The van der Waals surface area contributed by atoms with Crippen LogP contribution in [0.2, 0.25) is 0 Å². The van der Waals surface area contributed by atoms with Crippen LogP contribution in [0.4, 0.5) is 4.39 Å². The fourth-order valence-electron chi connectivity index (χ4n) is 2.73. The second kappa shape index (κ2) is 6.42. The van der Waals surface area contributed by atoms with Crippen molar-refractivity contribution in [3.63, 3.8) is 0 Å². The molecule has 1 atom stereocenters. The minimum Gasteiger partial charge on any atom is -0.358 e. The third kappa shape index (κ3) is 2.96. The first kappa shape index (κ1) is 17.3. The van der Waals surface area contributed by atoms with E-state index in [9.17, 15) is 17.6 Å². The summed E-state index contributed by atoms with van der Waals surface area (Å²) in [5.41, 5.74) is 0.149. The smallest absolute Gasteiger partial charge is 0.244 e. The van der Waals surface area contributed by atoms with Crippen molar-refractivity contribution in [2.24, 2.45) is 0 Å². The van der Waals surface area contributed by atoms with Crippen LogP contribution >= 0.6 is 0 Å². The molecule has 0 radical (unpaired) electrons. The molecule has 0 fully saturated rings. The van der Waals surface area contributed by atoms with E-state index in [0.29, 0.717) is 0 Å². The van der Waals surface area contributed by atoms with E-state index < -0.39 is 27.3 Å². The zero-order valence-corrected chi connectivity index (χ0v) is 14.5. The number of hydrogen-bond acceptors (Lipinski definition) is 3. The normalized spacial score (nSPS) is 13.3. The quantitative estimate of drug-likeness (QED) is 0.777. The van der Waals surface area contributed by atoms with E-state index in [1.165, 1.54) is 29.6 Å². The number of sulfonamides is 1. The molecular weight excluding hydrogens is 343 g/mol. The number of aromatic amines is 1. The summed E-state index contributed by atoms with van der Waals surface area (Å²) in [5.74, 6) is -1.02. The molecule has 0 amide bonds. The molecule has 25 heavy (non-hydrogen) atoms. The molecule has 2 aromatic carbocycles. The summed E-state index contributed by atoms with van der Waals surface area (Å²) in [7, 11) is -2.56. The molecule has 3 rings (SSSR count). The summed E-state index contributed by atoms with van der Waals surface area (Å²) in [4.78, 5) is 14.6. The van der Waals surface area contributed by atoms with Gasteiger partial charge in [-0.2, -0.15) is 4.31 Å². The lowest BCUT2D eigenvalue weighted by atomic mass is 10.1. The largest absolute Gasteiger partial charge is 0.358 e. The fraction of sp³-hybridized carbons (Fsp3) is 0.167. The van der Waals surface area contributed by atoms with Gasteiger partial charge in [-0.3, -0.25) is 4.79 Å². The topological polar surface area (TPSA) is 70.2 Å². The number of fused-ring (bicyclic) bond motifs is 1. The average molecular weight is 360 g/mol. The van der Waals surface area contributed by atoms with Gasteiger partial charge in [0.15, 0.2) is 5.82 Å². The molecule has 0 aliphatic carbocycles. The molecule has 3 aromatic rings. The first-order chi connectivity index (χ1) is 11.8. The summed E-state index contributed by atoms with van der Waals surface area (Å²) in [6, 6.07) is 13.1. The number of pyridine rings is 1. The maximum Gasteiger partial charge on any atom is 0.244 e. The molecular formula is C18H17FN2O3S. The average Bonchev–Trinajstić information content (AvgIpc) is 2.63. The van der Waals surface area contributed by atoms with Gasteiger partial charge in [0.2, 0.25) is 15.5 Å². The molecule has 7 heteroatoms. The van der Waals surface area contributed by atoms with Gasteiger partial charge in [0.25, 0.3) is 0 Å². The summed E-state index contributed by atoms with van der Waals surface area (Å²) >= 11 is 0. The predicted octanol–water partition coefficient (Wildman–Crippen LogP) is 3.05. The van der Waals surface area contributed by atoms with E-state index in [1.54, 1.807) is 6.92 Å². The number of rotatable bonds is 4. The van der Waals surface area contributed by atoms with Crippen molar-refractivity contribution in [2.45, 2.75) is 17.9 Å². The van der Waals surface area contributed by atoms with Gasteiger partial charge >= 0.3 is 0 Å². The molecule has 0 bridgehead atoms. The minimum absolute atomic E-state index is 0.172. The third-order valence-electron chi connectivity index (χ3n) is 4.31. The zero-order valence-electron chi connectivity index (χ0n) is 13.7. The van der Waals surface area contributed by atoms with Crippen LogP contribution in [0.15, 0.2) is 64.4 Å². The number of nitrogens with zero attached hydrogens (tertiary/aromatic N) is 1. The Balaban J connectivity index is 2.17. The molecule has 0 aliphatic rings. The highest BCUT2D eigenvalue weighted by molar-refractivity contribution is 7.89. The van der Waals surface area contributed by atoms with Crippen LogP contribution in [0, 0.1) is 5.82 Å². The standard InChI is InChI=1S/C18H17FN2O3S/c1-12(13-7-4-3-5-8-13)21(2)25(23,24)16-10-6-9-15-17(16)18(22)14(19)11-20-15/h3-12H,1-2H3,(H,20,22)/t12-/m1/s1. The van der Waals surface area contributed by atoms with Crippen LogP contribution in [-0.4, -0.2) is 24.8 Å². The third-order valence-corrected chi connectivity index (χ3v) is 6.28. The summed E-state index contributed by atoms with van der Waals surface area (Å²) in [6.45, 7) is 1.75. The Labute approximate surface area is 144 Å². The molecule has 0 saturated carbocycles. The molecule has 0 aliphatic heterocycles. The number of aromatic nitrogens is 1. The van der Waals surface area contributed by atoms with Gasteiger partial charge in [0, 0.05) is 19.3 Å². The summed E-state index contributed by atoms with van der Waals surface area (Å²) in [6.07, 6.45) is 0.928. The Kier molecular flexibility index (Phi) is 4.45. The first-order valence-electron chi connectivity index (χ1n) is 7.67. The van der Waals surface area contributed by atoms with Crippen molar-refractivity contribution in [1.82, 2.24) is 9.29 Å². The number of hydrogen-bond donors (Lipinski definition) is 1. The Morgan fingerprint density at radius 1 is 1.08 bits per heavy atom. The SMILES string of the molecule is C[C@H](c1ccccc1)N(C)S(=O)(=O)c1cccc2[nH]cc(F)c(=O)c12. The van der Waals surface area contributed by atoms with Crippen LogP contribution in [0.25, 0.3) is 10.9 Å². The number of nitrogens with one attached hydrogen (secondary N) is 1. The molecule has 0 unspecified atom stereocenters. The van der Waals surface area contributed by atoms with Gasteiger partial charge < -0.3 is 4.98 Å². The highest BCUT2D eigenvalue weighted by Gasteiger charge is 2.29. The second-order valence-electron chi connectivity index (χ2n) is 5.75. The maximum absolute atomic E-state index is 13.7. The lowest BCUT2D eigenvalue weighted by Gasteiger charge is -2.25. The van der Waals surface area contributed by atoms with Crippen molar-refractivity contribution < 1.29 is 12.8 Å². The molecule has 1 N–H and O–H groups in total. The van der Waals surface area contributed by atoms with Gasteiger partial charge in [0.1, 0.15) is 0 Å². The van der Waals surface area contributed by atoms with E-state index in [0.717, 1.165) is 11.8 Å². The van der Waals surface area contributed by atoms with Gasteiger partial charge in [-0.25, -0.2) is 12.8 Å². The van der Waals surface area contributed by atoms with Gasteiger partial charge in [-0.05, 0) is 24.6 Å². The van der Waals surface area contributed by atoms with Crippen LogP contribution in [0.5, 0.6) is 0 Å². The van der Waals surface area contributed by atoms with Gasteiger partial charge in [-0.15, -0.1) is 0 Å². The maximum atomic E-state index is 13.7. The van der Waals surface area contributed by atoms with Crippen LogP contribution in [0.1, 0.15) is 18.5 Å². The monoisotopic (exact) mass is 360 g/mol. The van der Waals surface area contributed by atoms with E-state index in [4.69, 9.17) is 0 Å². The molecule has 5 nitrogen and oxygen atoms in total. The van der Waals surface area contributed by atoms with Crippen molar-refractivity contribution in [3.8, 4) is 0 Å². The van der Waals surface area contributed by atoms with E-state index in [2.05, 4.69) is 4.98 Å². The summed E-state index contributed by atoms with van der Waals surface area (Å²) < 4.78 is 41.0. The number of halogens is 1. The van der Waals surface area contributed by atoms with Crippen LogP contribution < -0.4 is 5.43 Å². The number of H-pyrrole nitrogens is 1. The second-order valence-corrected chi connectivity index (χ2v) is 7.72. The van der Waals surface area contributed by atoms with E-state index >= 15 is 0 Å². The van der Waals surface area contributed by atoms with Gasteiger partial charge in [-0.1, -0.05) is 36.4 Å². The van der Waals surface area contributed by atoms with Crippen molar-refractivity contribution >= 4 is 20.9 Å². The molecule has 1 heterocycles.